The summed E-state index contributed by atoms with van der Waals surface area (Å²) in [6.45, 7) is 13.6. The van der Waals surface area contributed by atoms with Gasteiger partial charge in [0, 0.05) is 39.3 Å². The highest BCUT2D eigenvalue weighted by atomic mass is 15.3. The lowest BCUT2D eigenvalue weighted by Crippen LogP contribution is -2.46. The smallest absolute Gasteiger partial charge is 0.188 e. The molecule has 0 saturated carbocycles. The van der Waals surface area contributed by atoms with Gasteiger partial charge in [-0.05, 0) is 32.4 Å². The van der Waals surface area contributed by atoms with Gasteiger partial charge < -0.3 is 20.9 Å². The van der Waals surface area contributed by atoms with Crippen LogP contribution < -0.4 is 11.1 Å². The summed E-state index contributed by atoms with van der Waals surface area (Å²) in [4.78, 5) is 9.53. The van der Waals surface area contributed by atoms with E-state index < -0.39 is 0 Å². The molecule has 0 aromatic heterocycles. The molecule has 1 saturated heterocycles. The second-order valence-electron chi connectivity index (χ2n) is 6.94. The van der Waals surface area contributed by atoms with Gasteiger partial charge in [-0.3, -0.25) is 4.99 Å². The quantitative estimate of drug-likeness (QED) is 0.308. The van der Waals surface area contributed by atoms with Gasteiger partial charge in [0.2, 0.25) is 0 Å². The van der Waals surface area contributed by atoms with Gasteiger partial charge >= 0.3 is 0 Å². The van der Waals surface area contributed by atoms with Gasteiger partial charge in [-0.25, -0.2) is 0 Å². The number of guanidine groups is 1. The summed E-state index contributed by atoms with van der Waals surface area (Å²) < 4.78 is 0. The van der Waals surface area contributed by atoms with E-state index in [0.717, 1.165) is 19.5 Å². The van der Waals surface area contributed by atoms with Gasteiger partial charge in [-0.2, -0.15) is 0 Å². The second-order valence-corrected chi connectivity index (χ2v) is 6.94. The first-order valence-electron chi connectivity index (χ1n) is 10.2. The van der Waals surface area contributed by atoms with Crippen LogP contribution in [0.25, 0.3) is 0 Å². The Morgan fingerprint density at radius 3 is 2.25 bits per heavy atom. The van der Waals surface area contributed by atoms with E-state index in [2.05, 4.69) is 34.0 Å². The Hall–Kier alpha value is -0.810. The number of hydrogen-bond acceptors (Lipinski definition) is 3. The normalized spacial score (nSPS) is 17.3. The molecule has 0 spiro atoms. The Labute approximate surface area is 150 Å². The first-order valence-corrected chi connectivity index (χ1v) is 10.2. The van der Waals surface area contributed by atoms with Crippen molar-refractivity contribution in [3.05, 3.63) is 0 Å². The topological polar surface area (TPSA) is 56.9 Å². The minimum absolute atomic E-state index is 0.625. The molecule has 0 unspecified atom stereocenters. The highest BCUT2D eigenvalue weighted by molar-refractivity contribution is 5.77. The minimum atomic E-state index is 0.625. The van der Waals surface area contributed by atoms with Crippen molar-refractivity contribution in [1.82, 2.24) is 15.1 Å². The van der Waals surface area contributed by atoms with Crippen LogP contribution in [-0.4, -0.2) is 68.1 Å². The first kappa shape index (κ1) is 21.2. The monoisotopic (exact) mass is 339 g/mol. The Bertz CT molecular complexity index is 311. The van der Waals surface area contributed by atoms with Gasteiger partial charge in [-0.1, -0.05) is 46.0 Å². The molecule has 1 rings (SSSR count). The molecule has 1 heterocycles. The number of aliphatic imine (C=N–C) groups is 1. The van der Waals surface area contributed by atoms with E-state index in [0.29, 0.717) is 5.96 Å². The van der Waals surface area contributed by atoms with Crippen molar-refractivity contribution in [3.63, 3.8) is 0 Å². The molecule has 0 atom stereocenters. The summed E-state index contributed by atoms with van der Waals surface area (Å²) in [5.74, 6) is 0.625. The van der Waals surface area contributed by atoms with Crippen LogP contribution in [0.4, 0.5) is 0 Å². The first-order chi connectivity index (χ1) is 11.8. The average Bonchev–Trinajstić information content (AvgIpc) is 2.61. The van der Waals surface area contributed by atoms with E-state index in [1.54, 1.807) is 0 Å². The van der Waals surface area contributed by atoms with Crippen molar-refractivity contribution in [1.29, 1.82) is 0 Å². The van der Waals surface area contributed by atoms with Crippen LogP contribution in [0.5, 0.6) is 0 Å². The van der Waals surface area contributed by atoms with Gasteiger partial charge in [0.25, 0.3) is 0 Å². The molecule has 3 N–H and O–H groups in total. The summed E-state index contributed by atoms with van der Waals surface area (Å²) in [5, 5.41) is 3.25. The van der Waals surface area contributed by atoms with Crippen molar-refractivity contribution in [2.75, 3.05) is 52.4 Å². The van der Waals surface area contributed by atoms with Crippen LogP contribution in [0.2, 0.25) is 0 Å². The van der Waals surface area contributed by atoms with Gasteiger partial charge in [0.1, 0.15) is 0 Å². The third kappa shape index (κ3) is 10.9. The predicted octanol–water partition coefficient (Wildman–Crippen LogP) is 2.67. The number of piperazine rings is 1. The Kier molecular flexibility index (Phi) is 12.9. The number of rotatable bonds is 13. The zero-order valence-electron chi connectivity index (χ0n) is 16.2. The number of unbranched alkanes of at least 4 members (excludes halogenated alkanes) is 6. The molecule has 142 valence electrons. The summed E-state index contributed by atoms with van der Waals surface area (Å²) in [7, 11) is 0. The van der Waals surface area contributed by atoms with Crippen molar-refractivity contribution in [3.8, 4) is 0 Å². The summed E-state index contributed by atoms with van der Waals surface area (Å²) in [6, 6.07) is 0. The Morgan fingerprint density at radius 2 is 1.54 bits per heavy atom. The van der Waals surface area contributed by atoms with E-state index in [-0.39, 0.29) is 0 Å². The minimum Gasteiger partial charge on any atom is -0.370 e. The molecule has 5 nitrogen and oxygen atoms in total. The van der Waals surface area contributed by atoms with E-state index in [1.165, 1.54) is 84.2 Å². The van der Waals surface area contributed by atoms with Gasteiger partial charge in [-0.15, -0.1) is 0 Å². The molecule has 0 aliphatic carbocycles. The maximum Gasteiger partial charge on any atom is 0.188 e. The van der Waals surface area contributed by atoms with E-state index in [9.17, 15) is 0 Å². The Balaban J connectivity index is 1.90. The average molecular weight is 340 g/mol. The van der Waals surface area contributed by atoms with Crippen molar-refractivity contribution in [2.45, 2.75) is 65.2 Å². The number of nitrogens with two attached hydrogens (primary N) is 1. The third-order valence-corrected chi connectivity index (χ3v) is 4.91. The maximum atomic E-state index is 5.91. The molecular formula is C19H41N5. The molecule has 24 heavy (non-hydrogen) atoms. The fourth-order valence-electron chi connectivity index (χ4n) is 3.15. The number of likely N-dealkylation sites (N-methyl/N-ethyl adjacent to an activating group) is 1. The predicted molar refractivity (Wildman–Crippen MR) is 106 cm³/mol. The lowest BCUT2D eigenvalue weighted by atomic mass is 10.1. The van der Waals surface area contributed by atoms with E-state index in [4.69, 9.17) is 5.73 Å². The number of nitrogens with zero attached hydrogens (tertiary/aromatic N) is 3. The standard InChI is InChI=1S/C19H41N5/c1-3-5-6-7-8-9-12-21-19(20)22-13-10-11-14-24-17-15-23(4-2)16-18-24/h3-18H2,1-2H3,(H3,20,21,22). The molecule has 0 aromatic carbocycles. The molecule has 1 aliphatic rings. The maximum absolute atomic E-state index is 5.91. The SMILES string of the molecule is CCCCCCCCN=C(N)NCCCCN1CCN(CC)CC1. The van der Waals surface area contributed by atoms with Crippen LogP contribution in [-0.2, 0) is 0 Å². The lowest BCUT2D eigenvalue weighted by Gasteiger charge is -2.33. The molecule has 0 radical (unpaired) electrons. The summed E-state index contributed by atoms with van der Waals surface area (Å²) in [5.41, 5.74) is 5.91. The molecule has 0 aromatic rings. The molecule has 5 heteroatoms. The van der Waals surface area contributed by atoms with Crippen LogP contribution >= 0.6 is 0 Å². The van der Waals surface area contributed by atoms with E-state index in [1.807, 2.05) is 0 Å². The number of nitrogens with one attached hydrogen (secondary N) is 1. The molecule has 1 fully saturated rings. The van der Waals surface area contributed by atoms with Crippen LogP contribution in [0.1, 0.15) is 65.2 Å². The largest absolute Gasteiger partial charge is 0.370 e. The van der Waals surface area contributed by atoms with Gasteiger partial charge in [0.15, 0.2) is 5.96 Å². The van der Waals surface area contributed by atoms with Gasteiger partial charge in [0.05, 0.1) is 0 Å². The van der Waals surface area contributed by atoms with Crippen molar-refractivity contribution in [2.24, 2.45) is 10.7 Å². The van der Waals surface area contributed by atoms with Crippen LogP contribution in [0.3, 0.4) is 0 Å². The summed E-state index contributed by atoms with van der Waals surface area (Å²) >= 11 is 0. The molecule has 1 aliphatic heterocycles. The van der Waals surface area contributed by atoms with E-state index >= 15 is 0 Å². The lowest BCUT2D eigenvalue weighted by molar-refractivity contribution is 0.136. The van der Waals surface area contributed by atoms with Crippen molar-refractivity contribution >= 4 is 5.96 Å². The fourth-order valence-corrected chi connectivity index (χ4v) is 3.15. The highest BCUT2D eigenvalue weighted by Gasteiger charge is 2.14. The summed E-state index contributed by atoms with van der Waals surface area (Å²) in [6.07, 6.45) is 10.2. The zero-order valence-corrected chi connectivity index (χ0v) is 16.2. The Morgan fingerprint density at radius 1 is 0.875 bits per heavy atom. The second kappa shape index (κ2) is 14.5. The molecular weight excluding hydrogens is 298 g/mol. The number of hydrogen-bond donors (Lipinski definition) is 2. The van der Waals surface area contributed by atoms with Crippen LogP contribution in [0, 0.1) is 0 Å². The van der Waals surface area contributed by atoms with Crippen molar-refractivity contribution < 1.29 is 0 Å². The highest BCUT2D eigenvalue weighted by Crippen LogP contribution is 2.05. The van der Waals surface area contributed by atoms with Crippen LogP contribution in [0.15, 0.2) is 4.99 Å². The zero-order chi connectivity index (χ0) is 17.5. The fraction of sp³-hybridized carbons (Fsp3) is 0.947. The molecule has 0 bridgehead atoms. The third-order valence-electron chi connectivity index (χ3n) is 4.91. The molecule has 0 amide bonds.